The minimum atomic E-state index is -0.599. The summed E-state index contributed by atoms with van der Waals surface area (Å²) in [7, 11) is 0. The summed E-state index contributed by atoms with van der Waals surface area (Å²) in [6, 6.07) is 19.4. The Morgan fingerprint density at radius 1 is 1.00 bits per heavy atom. The van der Waals surface area contributed by atoms with Gasteiger partial charge in [-0.2, -0.15) is 0 Å². The standard InChI is InChI=1S/C24H29N3O2/c1-19(26-23(28)15-14-20-10-4-2-5-11-20)24(29)25-18-22(27-16-8-9-17-27)21-12-6-3-7-13-21/h2-7,10-15,19,22H,8-9,16-18H2,1H3,(H,25,29)(H,26,28)/b15-14+. The lowest BCUT2D eigenvalue weighted by Gasteiger charge is -2.28. The van der Waals surface area contributed by atoms with Gasteiger partial charge < -0.3 is 10.6 Å². The van der Waals surface area contributed by atoms with Crippen molar-refractivity contribution in [2.75, 3.05) is 19.6 Å². The Kier molecular flexibility index (Phi) is 7.59. The van der Waals surface area contributed by atoms with E-state index in [1.165, 1.54) is 24.5 Å². The van der Waals surface area contributed by atoms with E-state index in [9.17, 15) is 9.59 Å². The van der Waals surface area contributed by atoms with Gasteiger partial charge in [0, 0.05) is 12.6 Å². The van der Waals surface area contributed by atoms with Crippen LogP contribution in [0.1, 0.15) is 36.9 Å². The fraction of sp³-hybridized carbons (Fsp3) is 0.333. The van der Waals surface area contributed by atoms with Gasteiger partial charge in [0.25, 0.3) is 0 Å². The maximum Gasteiger partial charge on any atom is 0.244 e. The number of nitrogens with zero attached hydrogens (tertiary/aromatic N) is 1. The highest BCUT2D eigenvalue weighted by Gasteiger charge is 2.24. The first kappa shape index (κ1) is 20.8. The van der Waals surface area contributed by atoms with E-state index in [0.29, 0.717) is 6.54 Å². The minimum absolute atomic E-state index is 0.156. The molecule has 2 unspecified atom stereocenters. The highest BCUT2D eigenvalue weighted by molar-refractivity contribution is 5.95. The van der Waals surface area contributed by atoms with Crippen LogP contribution in [0.3, 0.4) is 0 Å². The number of carbonyl (C=O) groups excluding carboxylic acids is 2. The van der Waals surface area contributed by atoms with Crippen LogP contribution in [-0.4, -0.2) is 42.4 Å². The second-order valence-corrected chi connectivity index (χ2v) is 7.39. The Morgan fingerprint density at radius 3 is 2.28 bits per heavy atom. The quantitative estimate of drug-likeness (QED) is 0.680. The van der Waals surface area contributed by atoms with E-state index in [4.69, 9.17) is 0 Å². The first-order valence-corrected chi connectivity index (χ1v) is 10.2. The monoisotopic (exact) mass is 391 g/mol. The van der Waals surface area contributed by atoms with E-state index in [-0.39, 0.29) is 17.9 Å². The number of benzene rings is 2. The Hall–Kier alpha value is -2.92. The van der Waals surface area contributed by atoms with E-state index in [1.807, 2.05) is 48.5 Å². The largest absolute Gasteiger partial charge is 0.352 e. The summed E-state index contributed by atoms with van der Waals surface area (Å²) in [5.41, 5.74) is 2.15. The molecule has 1 saturated heterocycles. The molecule has 1 aliphatic rings. The summed E-state index contributed by atoms with van der Waals surface area (Å²) < 4.78 is 0. The molecular formula is C24H29N3O2. The van der Waals surface area contributed by atoms with Gasteiger partial charge in [0.05, 0.1) is 6.04 Å². The van der Waals surface area contributed by atoms with Crippen LogP contribution in [0.5, 0.6) is 0 Å². The molecule has 3 rings (SSSR count). The second-order valence-electron chi connectivity index (χ2n) is 7.39. The molecule has 2 aromatic rings. The number of carbonyl (C=O) groups is 2. The van der Waals surface area contributed by atoms with E-state index in [2.05, 4.69) is 27.7 Å². The number of hydrogen-bond donors (Lipinski definition) is 2. The average molecular weight is 392 g/mol. The Labute approximate surface area is 172 Å². The Bertz CT molecular complexity index is 815. The van der Waals surface area contributed by atoms with Gasteiger partial charge in [-0.1, -0.05) is 60.7 Å². The maximum atomic E-state index is 12.5. The maximum absolute atomic E-state index is 12.5. The van der Waals surface area contributed by atoms with Crippen molar-refractivity contribution >= 4 is 17.9 Å². The molecule has 0 bridgehead atoms. The summed E-state index contributed by atoms with van der Waals surface area (Å²) in [4.78, 5) is 27.1. The molecule has 29 heavy (non-hydrogen) atoms. The normalized spacial score (nSPS) is 16.4. The Balaban J connectivity index is 1.52. The summed E-state index contributed by atoms with van der Waals surface area (Å²) in [5, 5.41) is 5.75. The van der Waals surface area contributed by atoms with Crippen molar-refractivity contribution in [3.8, 4) is 0 Å². The van der Waals surface area contributed by atoms with Crippen LogP contribution in [0.15, 0.2) is 66.7 Å². The highest BCUT2D eigenvalue weighted by Crippen LogP contribution is 2.24. The van der Waals surface area contributed by atoms with Crippen LogP contribution in [0.4, 0.5) is 0 Å². The van der Waals surface area contributed by atoms with Crippen LogP contribution < -0.4 is 10.6 Å². The predicted molar refractivity (Wildman–Crippen MR) is 116 cm³/mol. The molecule has 0 saturated carbocycles. The molecular weight excluding hydrogens is 362 g/mol. The first-order chi connectivity index (χ1) is 14.1. The first-order valence-electron chi connectivity index (χ1n) is 10.2. The molecule has 2 N–H and O–H groups in total. The molecule has 2 amide bonds. The zero-order valence-electron chi connectivity index (χ0n) is 16.9. The SMILES string of the molecule is CC(NC(=O)/C=C/c1ccccc1)C(=O)NCC(c1ccccc1)N1CCCC1. The van der Waals surface area contributed by atoms with E-state index < -0.39 is 6.04 Å². The molecule has 2 aromatic carbocycles. The minimum Gasteiger partial charge on any atom is -0.352 e. The second kappa shape index (κ2) is 10.6. The van der Waals surface area contributed by atoms with Gasteiger partial charge in [0.2, 0.25) is 11.8 Å². The van der Waals surface area contributed by atoms with Gasteiger partial charge in [-0.25, -0.2) is 0 Å². The third-order valence-electron chi connectivity index (χ3n) is 5.21. The van der Waals surface area contributed by atoms with E-state index in [1.54, 1.807) is 13.0 Å². The van der Waals surface area contributed by atoms with Crippen LogP contribution in [-0.2, 0) is 9.59 Å². The topological polar surface area (TPSA) is 61.4 Å². The van der Waals surface area contributed by atoms with Gasteiger partial charge in [-0.15, -0.1) is 0 Å². The van der Waals surface area contributed by atoms with Crippen LogP contribution in [0, 0.1) is 0 Å². The summed E-state index contributed by atoms with van der Waals surface area (Å²) in [5.74, 6) is -0.456. The smallest absolute Gasteiger partial charge is 0.244 e. The Morgan fingerprint density at radius 2 is 1.62 bits per heavy atom. The molecule has 1 heterocycles. The molecule has 152 valence electrons. The van der Waals surface area contributed by atoms with Gasteiger partial charge >= 0.3 is 0 Å². The van der Waals surface area contributed by atoms with Crippen molar-refractivity contribution in [1.82, 2.24) is 15.5 Å². The fourth-order valence-corrected chi connectivity index (χ4v) is 3.60. The van der Waals surface area contributed by atoms with Crippen molar-refractivity contribution < 1.29 is 9.59 Å². The van der Waals surface area contributed by atoms with Crippen LogP contribution in [0.25, 0.3) is 6.08 Å². The van der Waals surface area contributed by atoms with Crippen molar-refractivity contribution in [1.29, 1.82) is 0 Å². The van der Waals surface area contributed by atoms with Crippen LogP contribution >= 0.6 is 0 Å². The zero-order chi connectivity index (χ0) is 20.5. The molecule has 0 aliphatic carbocycles. The molecule has 1 aliphatic heterocycles. The summed E-state index contributed by atoms with van der Waals surface area (Å²) in [6.07, 6.45) is 5.57. The zero-order valence-corrected chi connectivity index (χ0v) is 16.9. The highest BCUT2D eigenvalue weighted by atomic mass is 16.2. The number of likely N-dealkylation sites (tertiary alicyclic amines) is 1. The molecule has 1 fully saturated rings. The molecule has 2 atom stereocenters. The number of nitrogens with one attached hydrogen (secondary N) is 2. The molecule has 5 heteroatoms. The third-order valence-corrected chi connectivity index (χ3v) is 5.21. The molecule has 0 aromatic heterocycles. The molecule has 5 nitrogen and oxygen atoms in total. The summed E-state index contributed by atoms with van der Waals surface area (Å²) >= 11 is 0. The number of rotatable bonds is 8. The predicted octanol–water partition coefficient (Wildman–Crippen LogP) is 3.16. The van der Waals surface area contributed by atoms with Gasteiger partial charge in [0.1, 0.15) is 6.04 Å². The van der Waals surface area contributed by atoms with Crippen molar-refractivity contribution in [2.24, 2.45) is 0 Å². The van der Waals surface area contributed by atoms with Crippen molar-refractivity contribution in [3.05, 3.63) is 77.9 Å². The van der Waals surface area contributed by atoms with Crippen molar-refractivity contribution in [3.63, 3.8) is 0 Å². The lowest BCUT2D eigenvalue weighted by atomic mass is 10.1. The molecule has 0 spiro atoms. The van der Waals surface area contributed by atoms with Crippen LogP contribution in [0.2, 0.25) is 0 Å². The number of amides is 2. The average Bonchev–Trinajstić information content (AvgIpc) is 3.28. The lowest BCUT2D eigenvalue weighted by Crippen LogP contribution is -2.46. The van der Waals surface area contributed by atoms with Gasteiger partial charge in [-0.05, 0) is 50.1 Å². The third kappa shape index (κ3) is 6.29. The lowest BCUT2D eigenvalue weighted by molar-refractivity contribution is -0.126. The van der Waals surface area contributed by atoms with E-state index in [0.717, 1.165) is 18.7 Å². The van der Waals surface area contributed by atoms with Gasteiger partial charge in [0.15, 0.2) is 0 Å². The fourth-order valence-electron chi connectivity index (χ4n) is 3.60. The van der Waals surface area contributed by atoms with Gasteiger partial charge in [-0.3, -0.25) is 14.5 Å². The summed E-state index contributed by atoms with van der Waals surface area (Å²) in [6.45, 7) is 4.33. The number of hydrogen-bond acceptors (Lipinski definition) is 3. The van der Waals surface area contributed by atoms with E-state index >= 15 is 0 Å². The molecule has 0 radical (unpaired) electrons. The van der Waals surface area contributed by atoms with Crippen molar-refractivity contribution in [2.45, 2.75) is 31.8 Å².